The van der Waals surface area contributed by atoms with Gasteiger partial charge in [0, 0.05) is 30.8 Å². The molecule has 4 heterocycles. The van der Waals surface area contributed by atoms with Crippen molar-refractivity contribution in [3.8, 4) is 0 Å². The van der Waals surface area contributed by atoms with Gasteiger partial charge in [0.15, 0.2) is 0 Å². The monoisotopic (exact) mass is 312 g/mol. The quantitative estimate of drug-likeness (QED) is 0.796. The maximum Gasteiger partial charge on any atom is 0.226 e. The van der Waals surface area contributed by atoms with Gasteiger partial charge in [-0.15, -0.1) is 12.4 Å². The SMILES string of the molecule is Cl.O=C(C1CC12CCNCC2)N1CC2C3CCC(O3)C2C1. The predicted octanol–water partition coefficient (Wildman–Crippen LogP) is 1.43. The number of nitrogens with zero attached hydrogens (tertiary/aromatic N) is 1. The number of amides is 1. The fraction of sp³-hybridized carbons (Fsp3) is 0.938. The molecule has 5 heteroatoms. The molecule has 5 rings (SSSR count). The maximum absolute atomic E-state index is 12.8. The molecule has 5 fully saturated rings. The van der Waals surface area contributed by atoms with E-state index in [2.05, 4.69) is 10.2 Å². The van der Waals surface area contributed by atoms with Gasteiger partial charge < -0.3 is 15.0 Å². The van der Waals surface area contributed by atoms with Crippen molar-refractivity contribution in [1.82, 2.24) is 10.2 Å². The molecular weight excluding hydrogens is 288 g/mol. The molecule has 118 valence electrons. The lowest BCUT2D eigenvalue weighted by Gasteiger charge is -2.25. The van der Waals surface area contributed by atoms with Crippen LogP contribution in [0.2, 0.25) is 0 Å². The van der Waals surface area contributed by atoms with Crippen LogP contribution < -0.4 is 5.32 Å². The lowest BCUT2D eigenvalue weighted by atomic mass is 9.82. The lowest BCUT2D eigenvalue weighted by Crippen LogP contribution is -2.36. The Labute approximate surface area is 132 Å². The maximum atomic E-state index is 12.8. The summed E-state index contributed by atoms with van der Waals surface area (Å²) < 4.78 is 6.01. The number of fused-ring (bicyclic) bond motifs is 5. The van der Waals surface area contributed by atoms with Crippen LogP contribution in [-0.4, -0.2) is 49.2 Å². The number of rotatable bonds is 1. The Bertz CT molecular complexity index is 434. The standard InChI is InChI=1S/C16H24N2O2.ClH/c19-15(12-7-16(12)3-5-17-6-4-16)18-8-10-11(9-18)14-2-1-13(10)20-14;/h10-14,17H,1-9H2;1H. The van der Waals surface area contributed by atoms with E-state index in [1.807, 2.05) is 0 Å². The molecule has 0 aromatic heterocycles. The molecule has 5 aliphatic rings. The Hall–Kier alpha value is -0.320. The average Bonchev–Trinajstić information content (AvgIpc) is 2.92. The van der Waals surface area contributed by atoms with Gasteiger partial charge in [0.25, 0.3) is 0 Å². The largest absolute Gasteiger partial charge is 0.374 e. The Morgan fingerprint density at radius 1 is 1.10 bits per heavy atom. The van der Waals surface area contributed by atoms with Crippen molar-refractivity contribution in [3.05, 3.63) is 0 Å². The number of likely N-dealkylation sites (tertiary alicyclic amines) is 1. The summed E-state index contributed by atoms with van der Waals surface area (Å²) in [5.74, 6) is 2.13. The number of hydrogen-bond acceptors (Lipinski definition) is 3. The van der Waals surface area contributed by atoms with E-state index >= 15 is 0 Å². The van der Waals surface area contributed by atoms with E-state index < -0.39 is 0 Å². The van der Waals surface area contributed by atoms with Crippen LogP contribution in [0.25, 0.3) is 0 Å². The fourth-order valence-electron chi connectivity index (χ4n) is 5.53. The third-order valence-corrected chi connectivity index (χ3v) is 6.85. The third-order valence-electron chi connectivity index (χ3n) is 6.85. The first-order valence-electron chi connectivity index (χ1n) is 8.42. The van der Waals surface area contributed by atoms with Crippen molar-refractivity contribution in [2.75, 3.05) is 26.2 Å². The average molecular weight is 313 g/mol. The van der Waals surface area contributed by atoms with Gasteiger partial charge >= 0.3 is 0 Å². The van der Waals surface area contributed by atoms with Gasteiger partial charge in [-0.1, -0.05) is 0 Å². The van der Waals surface area contributed by atoms with Crippen LogP contribution in [0.15, 0.2) is 0 Å². The Balaban J connectivity index is 0.00000115. The topological polar surface area (TPSA) is 41.6 Å². The Morgan fingerprint density at radius 3 is 2.33 bits per heavy atom. The van der Waals surface area contributed by atoms with Crippen LogP contribution >= 0.6 is 12.4 Å². The highest BCUT2D eigenvalue weighted by atomic mass is 35.5. The van der Waals surface area contributed by atoms with Crippen molar-refractivity contribution in [1.29, 1.82) is 0 Å². The molecule has 2 bridgehead atoms. The number of hydrogen-bond donors (Lipinski definition) is 1. The molecule has 1 aliphatic carbocycles. The number of nitrogens with one attached hydrogen (secondary N) is 1. The van der Waals surface area contributed by atoms with Gasteiger partial charge in [-0.05, 0) is 50.6 Å². The van der Waals surface area contributed by atoms with Crippen molar-refractivity contribution < 1.29 is 9.53 Å². The highest BCUT2D eigenvalue weighted by Crippen LogP contribution is 2.60. The zero-order valence-corrected chi connectivity index (χ0v) is 13.2. The summed E-state index contributed by atoms with van der Waals surface area (Å²) in [6.45, 7) is 4.17. The van der Waals surface area contributed by atoms with Gasteiger partial charge in [-0.25, -0.2) is 0 Å². The van der Waals surface area contributed by atoms with Crippen LogP contribution in [0.5, 0.6) is 0 Å². The second kappa shape index (κ2) is 4.84. The molecule has 0 aromatic carbocycles. The van der Waals surface area contributed by atoms with E-state index in [9.17, 15) is 4.79 Å². The van der Waals surface area contributed by atoms with Crippen molar-refractivity contribution in [2.24, 2.45) is 23.2 Å². The molecule has 1 N–H and O–H groups in total. The van der Waals surface area contributed by atoms with Gasteiger partial charge in [0.05, 0.1) is 12.2 Å². The highest BCUT2D eigenvalue weighted by molar-refractivity contribution is 5.85. The first-order valence-corrected chi connectivity index (χ1v) is 8.42. The smallest absolute Gasteiger partial charge is 0.226 e. The van der Waals surface area contributed by atoms with E-state index in [4.69, 9.17) is 4.74 Å². The lowest BCUT2D eigenvalue weighted by molar-refractivity contribution is -0.133. The minimum Gasteiger partial charge on any atom is -0.374 e. The fourth-order valence-corrected chi connectivity index (χ4v) is 5.53. The van der Waals surface area contributed by atoms with E-state index in [0.717, 1.165) is 32.6 Å². The minimum absolute atomic E-state index is 0. The molecule has 0 radical (unpaired) electrons. The zero-order chi connectivity index (χ0) is 13.3. The number of carbonyl (C=O) groups is 1. The summed E-state index contributed by atoms with van der Waals surface area (Å²) in [5, 5.41) is 3.42. The second-order valence-electron chi connectivity index (χ2n) is 7.73. The minimum atomic E-state index is 0. The molecule has 5 unspecified atom stereocenters. The zero-order valence-electron chi connectivity index (χ0n) is 12.4. The summed E-state index contributed by atoms with van der Waals surface area (Å²) in [7, 11) is 0. The van der Waals surface area contributed by atoms with Crippen LogP contribution in [0.3, 0.4) is 0 Å². The van der Waals surface area contributed by atoms with Crippen molar-refractivity contribution in [2.45, 2.75) is 44.3 Å². The van der Waals surface area contributed by atoms with E-state index in [1.165, 1.54) is 25.7 Å². The van der Waals surface area contributed by atoms with E-state index in [1.54, 1.807) is 0 Å². The van der Waals surface area contributed by atoms with Crippen LogP contribution in [0, 0.1) is 23.2 Å². The van der Waals surface area contributed by atoms with Gasteiger partial charge in [-0.2, -0.15) is 0 Å². The summed E-state index contributed by atoms with van der Waals surface area (Å²) in [6, 6.07) is 0. The molecule has 21 heavy (non-hydrogen) atoms. The normalized spacial score (nSPS) is 45.5. The molecule has 0 aromatic rings. The van der Waals surface area contributed by atoms with Gasteiger partial charge in [-0.3, -0.25) is 4.79 Å². The molecule has 4 nitrogen and oxygen atoms in total. The first kappa shape index (κ1) is 14.3. The molecule has 5 atom stereocenters. The van der Waals surface area contributed by atoms with E-state index in [0.29, 0.717) is 41.3 Å². The molecule has 4 aliphatic heterocycles. The van der Waals surface area contributed by atoms with Crippen molar-refractivity contribution in [3.63, 3.8) is 0 Å². The predicted molar refractivity (Wildman–Crippen MR) is 81.3 cm³/mol. The number of ether oxygens (including phenoxy) is 1. The van der Waals surface area contributed by atoms with Crippen LogP contribution in [0.1, 0.15) is 32.1 Å². The highest BCUT2D eigenvalue weighted by Gasteiger charge is 2.61. The Kier molecular flexibility index (Phi) is 3.29. The van der Waals surface area contributed by atoms with Gasteiger partial charge in [0.1, 0.15) is 0 Å². The molecule has 1 spiro atoms. The molecular formula is C16H25ClN2O2. The van der Waals surface area contributed by atoms with Gasteiger partial charge in [0.2, 0.25) is 5.91 Å². The summed E-state index contributed by atoms with van der Waals surface area (Å²) in [4.78, 5) is 15.0. The second-order valence-corrected chi connectivity index (χ2v) is 7.73. The summed E-state index contributed by atoms with van der Waals surface area (Å²) >= 11 is 0. The Morgan fingerprint density at radius 2 is 1.71 bits per heavy atom. The first-order chi connectivity index (χ1) is 9.77. The number of halogens is 1. The summed E-state index contributed by atoms with van der Waals surface area (Å²) in [6.07, 6.45) is 6.96. The molecule has 4 saturated heterocycles. The van der Waals surface area contributed by atoms with E-state index in [-0.39, 0.29) is 12.4 Å². The molecule has 1 saturated carbocycles. The molecule has 1 amide bonds. The van der Waals surface area contributed by atoms with Crippen LogP contribution in [-0.2, 0) is 9.53 Å². The number of carbonyl (C=O) groups excluding carboxylic acids is 1. The number of piperidine rings is 1. The van der Waals surface area contributed by atoms with Crippen LogP contribution in [0.4, 0.5) is 0 Å². The van der Waals surface area contributed by atoms with Crippen molar-refractivity contribution >= 4 is 18.3 Å². The third kappa shape index (κ3) is 1.98. The summed E-state index contributed by atoms with van der Waals surface area (Å²) in [5.41, 5.74) is 0.384.